The average Bonchev–Trinajstić information content (AvgIpc) is 2.95. The van der Waals surface area contributed by atoms with Crippen molar-refractivity contribution in [3.05, 3.63) is 27.1 Å². The number of hydrogen-bond donors (Lipinski definition) is 0. The first kappa shape index (κ1) is 16.4. The summed E-state index contributed by atoms with van der Waals surface area (Å²) in [6.45, 7) is 1.78. The molecule has 2 aromatic heterocycles. The maximum absolute atomic E-state index is 12.4. The number of ether oxygens (including phenoxy) is 1. The molecular weight excluding hydrogens is 342 g/mol. The van der Waals surface area contributed by atoms with E-state index in [9.17, 15) is 14.4 Å². The minimum atomic E-state index is -0.264. The number of nitrogens with zero attached hydrogens (tertiary/aromatic N) is 3. The molecule has 0 spiro atoms. The van der Waals surface area contributed by atoms with Crippen molar-refractivity contribution in [2.75, 3.05) is 0 Å². The lowest BCUT2D eigenvalue weighted by Crippen LogP contribution is -2.39. The summed E-state index contributed by atoms with van der Waals surface area (Å²) in [5, 5.41) is 4.71. The monoisotopic (exact) mass is 361 g/mol. The van der Waals surface area contributed by atoms with Crippen molar-refractivity contribution in [2.45, 2.75) is 45.6 Å². The van der Waals surface area contributed by atoms with Gasteiger partial charge in [-0.2, -0.15) is 9.61 Å². The molecule has 0 aromatic carbocycles. The normalized spacial score (nSPS) is 26.0. The smallest absolute Gasteiger partial charge is 0.309 e. The van der Waals surface area contributed by atoms with E-state index in [1.807, 2.05) is 0 Å². The molecule has 25 heavy (non-hydrogen) atoms. The van der Waals surface area contributed by atoms with Gasteiger partial charge in [0.05, 0.1) is 5.92 Å². The third kappa shape index (κ3) is 3.10. The Morgan fingerprint density at radius 2 is 2.04 bits per heavy atom. The van der Waals surface area contributed by atoms with Crippen molar-refractivity contribution in [1.29, 1.82) is 0 Å². The number of aromatic nitrogens is 3. The van der Waals surface area contributed by atoms with Gasteiger partial charge in [-0.1, -0.05) is 17.8 Å². The Kier molecular flexibility index (Phi) is 4.15. The van der Waals surface area contributed by atoms with E-state index in [0.29, 0.717) is 34.3 Å². The average molecular weight is 361 g/mol. The topological polar surface area (TPSA) is 90.6 Å². The molecule has 0 aliphatic heterocycles. The Morgan fingerprint density at radius 1 is 1.32 bits per heavy atom. The fourth-order valence-electron chi connectivity index (χ4n) is 3.94. The number of aryl methyl sites for hydroxylation is 1. The lowest BCUT2D eigenvalue weighted by molar-refractivity contribution is -0.154. The number of fused-ring (bicyclic) bond motifs is 3. The predicted molar refractivity (Wildman–Crippen MR) is 90.2 cm³/mol. The molecule has 2 saturated carbocycles. The minimum Gasteiger partial charge on any atom is -0.458 e. The van der Waals surface area contributed by atoms with Crippen molar-refractivity contribution in [3.8, 4) is 0 Å². The second-order valence-corrected chi connectivity index (χ2v) is 7.97. The molecule has 0 radical (unpaired) electrons. The van der Waals surface area contributed by atoms with Gasteiger partial charge >= 0.3 is 5.97 Å². The Morgan fingerprint density at radius 3 is 2.76 bits per heavy atom. The largest absolute Gasteiger partial charge is 0.458 e. The number of Topliss-reactive ketones (excluding diaryl/α,β-unsaturated/α-hetero) is 1. The molecule has 0 amide bonds. The van der Waals surface area contributed by atoms with E-state index in [2.05, 4.69) is 10.1 Å². The van der Waals surface area contributed by atoms with E-state index in [0.717, 1.165) is 19.3 Å². The van der Waals surface area contributed by atoms with Crippen LogP contribution < -0.4 is 5.56 Å². The second-order valence-electron chi connectivity index (χ2n) is 6.93. The lowest BCUT2D eigenvalue weighted by atomic mass is 9.67. The van der Waals surface area contributed by atoms with Gasteiger partial charge in [-0.15, -0.1) is 0 Å². The van der Waals surface area contributed by atoms with Crippen molar-refractivity contribution in [1.82, 2.24) is 14.6 Å². The first-order valence-electron chi connectivity index (χ1n) is 8.58. The third-order valence-corrected chi connectivity index (χ3v) is 6.02. The van der Waals surface area contributed by atoms with Crippen LogP contribution in [0, 0.1) is 24.7 Å². The first-order valence-corrected chi connectivity index (χ1v) is 9.39. The van der Waals surface area contributed by atoms with Gasteiger partial charge < -0.3 is 4.74 Å². The fourth-order valence-corrected chi connectivity index (χ4v) is 4.80. The van der Waals surface area contributed by atoms with Gasteiger partial charge in [-0.25, -0.2) is 4.98 Å². The molecule has 2 aliphatic rings. The summed E-state index contributed by atoms with van der Waals surface area (Å²) in [4.78, 5) is 41.1. The molecule has 2 aromatic rings. The quantitative estimate of drug-likeness (QED) is 0.776. The van der Waals surface area contributed by atoms with Crippen LogP contribution in [0.1, 0.15) is 42.8 Å². The zero-order chi connectivity index (χ0) is 17.6. The van der Waals surface area contributed by atoms with Crippen molar-refractivity contribution >= 4 is 28.1 Å². The molecule has 2 fully saturated rings. The number of carbonyl (C=O) groups excluding carboxylic acids is 2. The summed E-state index contributed by atoms with van der Waals surface area (Å²) in [5.41, 5.74) is 0.394. The van der Waals surface area contributed by atoms with E-state index in [4.69, 9.17) is 4.74 Å². The van der Waals surface area contributed by atoms with Crippen LogP contribution in [0.15, 0.2) is 10.9 Å². The molecule has 2 bridgehead atoms. The standard InChI is InChI=1S/C17H19N3O4S/c1-9-5-14(21)20-17(18-9)25-13(19-20)8-24-16(23)12-6-10-3-2-4-11(7-12)15(10)22/h5,10-12H,2-4,6-8H2,1H3/t10-,11+,12?. The Bertz CT molecular complexity index is 887. The molecule has 4 rings (SSSR count). The Balaban J connectivity index is 1.43. The zero-order valence-corrected chi connectivity index (χ0v) is 14.8. The van der Waals surface area contributed by atoms with E-state index in [1.165, 1.54) is 21.9 Å². The van der Waals surface area contributed by atoms with Gasteiger partial charge in [0.1, 0.15) is 12.4 Å². The van der Waals surface area contributed by atoms with Crippen LogP contribution in [0.4, 0.5) is 0 Å². The molecule has 0 saturated heterocycles. The highest BCUT2D eigenvalue weighted by molar-refractivity contribution is 7.16. The number of rotatable bonds is 3. The molecule has 132 valence electrons. The van der Waals surface area contributed by atoms with Crippen LogP contribution in [0.2, 0.25) is 0 Å². The summed E-state index contributed by atoms with van der Waals surface area (Å²) in [6.07, 6.45) is 4.08. The van der Waals surface area contributed by atoms with Crippen LogP contribution in [0.3, 0.4) is 0 Å². The highest BCUT2D eigenvalue weighted by Crippen LogP contribution is 2.40. The molecular formula is C17H19N3O4S. The van der Waals surface area contributed by atoms with Gasteiger partial charge in [0.25, 0.3) is 5.56 Å². The highest BCUT2D eigenvalue weighted by atomic mass is 32.1. The van der Waals surface area contributed by atoms with Crippen LogP contribution >= 0.6 is 11.3 Å². The van der Waals surface area contributed by atoms with E-state index in [-0.39, 0.29) is 35.9 Å². The maximum Gasteiger partial charge on any atom is 0.309 e. The zero-order valence-electron chi connectivity index (χ0n) is 13.9. The van der Waals surface area contributed by atoms with E-state index >= 15 is 0 Å². The Labute approximate surface area is 148 Å². The van der Waals surface area contributed by atoms with Gasteiger partial charge in [-0.3, -0.25) is 14.4 Å². The first-order chi connectivity index (χ1) is 12.0. The summed E-state index contributed by atoms with van der Waals surface area (Å²) >= 11 is 1.24. The minimum absolute atomic E-state index is 0.0262. The summed E-state index contributed by atoms with van der Waals surface area (Å²) in [5.74, 6) is -0.0792. The molecule has 3 atom stereocenters. The van der Waals surface area contributed by atoms with Gasteiger partial charge in [0.2, 0.25) is 4.96 Å². The van der Waals surface area contributed by atoms with Gasteiger partial charge in [0, 0.05) is 23.6 Å². The number of ketones is 1. The summed E-state index contributed by atoms with van der Waals surface area (Å²) in [6, 6.07) is 1.42. The van der Waals surface area contributed by atoms with Crippen LogP contribution in [-0.4, -0.2) is 26.4 Å². The van der Waals surface area contributed by atoms with Crippen molar-refractivity contribution < 1.29 is 14.3 Å². The summed E-state index contributed by atoms with van der Waals surface area (Å²) in [7, 11) is 0. The lowest BCUT2D eigenvalue weighted by Gasteiger charge is -2.36. The number of carbonyl (C=O) groups is 2. The van der Waals surface area contributed by atoms with E-state index < -0.39 is 0 Å². The summed E-state index contributed by atoms with van der Waals surface area (Å²) < 4.78 is 6.65. The third-order valence-electron chi connectivity index (χ3n) is 5.13. The molecule has 0 N–H and O–H groups in total. The predicted octanol–water partition coefficient (Wildman–Crippen LogP) is 1.90. The molecule has 2 heterocycles. The van der Waals surface area contributed by atoms with Crippen LogP contribution in [0.25, 0.3) is 4.96 Å². The van der Waals surface area contributed by atoms with Crippen molar-refractivity contribution in [3.63, 3.8) is 0 Å². The highest BCUT2D eigenvalue weighted by Gasteiger charge is 2.41. The van der Waals surface area contributed by atoms with Crippen molar-refractivity contribution in [2.24, 2.45) is 17.8 Å². The molecule has 7 nitrogen and oxygen atoms in total. The van der Waals surface area contributed by atoms with E-state index in [1.54, 1.807) is 6.92 Å². The molecule has 1 unspecified atom stereocenters. The molecule has 8 heteroatoms. The fraction of sp³-hybridized carbons (Fsp3) is 0.588. The Hall–Kier alpha value is -2.09. The maximum atomic E-state index is 12.4. The number of hydrogen-bond acceptors (Lipinski definition) is 7. The SMILES string of the molecule is Cc1cc(=O)n2nc(COC(=O)C3C[C@H]4CCC[C@@H](C3)C4=O)sc2n1. The number of esters is 1. The molecule has 2 aliphatic carbocycles. The van der Waals surface area contributed by atoms with Crippen LogP contribution in [-0.2, 0) is 20.9 Å². The second kappa shape index (κ2) is 6.33. The van der Waals surface area contributed by atoms with Crippen LogP contribution in [0.5, 0.6) is 0 Å². The van der Waals surface area contributed by atoms with Gasteiger partial charge in [-0.05, 0) is 32.6 Å². The van der Waals surface area contributed by atoms with Gasteiger partial charge in [0.15, 0.2) is 5.01 Å².